The Morgan fingerprint density at radius 1 is 1.03 bits per heavy atom. The van der Waals surface area contributed by atoms with Gasteiger partial charge in [-0.3, -0.25) is 4.79 Å². The topological polar surface area (TPSA) is 108 Å². The van der Waals surface area contributed by atoms with Crippen molar-refractivity contribution in [2.75, 3.05) is 6.54 Å². The number of phenolic OH excluding ortho intramolecular Hbond substituents is 1. The monoisotopic (exact) mass is 868 g/mol. The number of ether oxygens (including phenoxy) is 1. The van der Waals surface area contributed by atoms with Crippen LogP contribution < -0.4 is 14.9 Å². The summed E-state index contributed by atoms with van der Waals surface area (Å²) >= 11 is 13.6. The Bertz CT molecular complexity index is 898. The highest BCUT2D eigenvalue weighted by atomic mass is 127. The number of carbonyl (C=O) groups excluding carboxylic acids is 1. The fourth-order valence-electron chi connectivity index (χ4n) is 2.29. The summed E-state index contributed by atoms with van der Waals surface area (Å²) < 4.78 is 8.96. The van der Waals surface area contributed by atoms with Crippen molar-refractivity contribution < 1.29 is 24.5 Å². The van der Waals surface area contributed by atoms with Gasteiger partial charge < -0.3 is 20.3 Å². The summed E-state index contributed by atoms with van der Waals surface area (Å²) in [7, 11) is 0. The van der Waals surface area contributed by atoms with E-state index in [0.29, 0.717) is 18.6 Å². The first-order chi connectivity index (χ1) is 13.6. The van der Waals surface area contributed by atoms with Crippen LogP contribution in [-0.4, -0.2) is 34.7 Å². The van der Waals surface area contributed by atoms with E-state index in [0.717, 1.165) is 12.7 Å². The molecule has 29 heavy (non-hydrogen) atoms. The van der Waals surface area contributed by atoms with Crippen molar-refractivity contribution >= 4 is 114 Å². The number of benzene rings is 2. The summed E-state index contributed by atoms with van der Waals surface area (Å²) in [5, 5.41) is 21.7. The van der Waals surface area contributed by atoms with Gasteiger partial charge in [-0.15, -0.1) is 0 Å². The molecule has 0 aliphatic rings. The van der Waals surface area contributed by atoms with Gasteiger partial charge in [-0.05, 0) is 132 Å². The molecule has 0 bridgehead atoms. The first kappa shape index (κ1) is 25.4. The first-order valence-electron chi connectivity index (χ1n) is 7.81. The van der Waals surface area contributed by atoms with Crippen molar-refractivity contribution in [3.8, 4) is 17.2 Å². The SMILES string of the molecule is O=C(CNCl)NC(Cc1cc(I)c(Oc2cc(I)c(O)c(I)c2)c(I)c1)C(=O)O. The van der Waals surface area contributed by atoms with E-state index in [1.54, 1.807) is 12.1 Å². The second-order valence-electron chi connectivity index (χ2n) is 5.70. The van der Waals surface area contributed by atoms with Gasteiger partial charge in [0.15, 0.2) is 5.75 Å². The molecule has 1 atom stereocenters. The maximum Gasteiger partial charge on any atom is 0.326 e. The second-order valence-corrected chi connectivity index (χ2v) is 10.6. The summed E-state index contributed by atoms with van der Waals surface area (Å²) in [4.78, 5) is 25.3. The number of aliphatic carboxylic acids is 1. The zero-order chi connectivity index (χ0) is 21.7. The van der Waals surface area contributed by atoms with E-state index in [9.17, 15) is 19.8 Å². The van der Waals surface area contributed by atoms with Crippen molar-refractivity contribution in [1.29, 1.82) is 0 Å². The Morgan fingerprint density at radius 3 is 2.07 bits per heavy atom. The van der Waals surface area contributed by atoms with Crippen LogP contribution in [0, 0.1) is 14.3 Å². The van der Waals surface area contributed by atoms with Gasteiger partial charge in [-0.25, -0.2) is 9.63 Å². The Balaban J connectivity index is 2.24. The molecule has 1 amide bonds. The summed E-state index contributed by atoms with van der Waals surface area (Å²) in [5.41, 5.74) is 0.743. The smallest absolute Gasteiger partial charge is 0.326 e. The molecule has 156 valence electrons. The lowest BCUT2D eigenvalue weighted by Gasteiger charge is -2.17. The van der Waals surface area contributed by atoms with E-state index in [1.165, 1.54) is 0 Å². The van der Waals surface area contributed by atoms with Gasteiger partial charge in [0.2, 0.25) is 5.91 Å². The molecular formula is C17H13ClI4N2O5. The van der Waals surface area contributed by atoms with Crippen LogP contribution in [0.3, 0.4) is 0 Å². The minimum atomic E-state index is -1.13. The van der Waals surface area contributed by atoms with E-state index < -0.39 is 17.9 Å². The lowest BCUT2D eigenvalue weighted by molar-refractivity contribution is -0.141. The predicted octanol–water partition coefficient (Wildman–Crippen LogP) is 4.46. The third-order valence-electron chi connectivity index (χ3n) is 3.57. The zero-order valence-electron chi connectivity index (χ0n) is 14.3. The van der Waals surface area contributed by atoms with Crippen LogP contribution in [0.5, 0.6) is 17.2 Å². The Kier molecular flexibility index (Phi) is 10.2. The minimum Gasteiger partial charge on any atom is -0.506 e. The molecule has 0 radical (unpaired) electrons. The highest BCUT2D eigenvalue weighted by molar-refractivity contribution is 14.1. The van der Waals surface area contributed by atoms with Crippen LogP contribution in [-0.2, 0) is 16.0 Å². The fourth-order valence-corrected chi connectivity index (χ4v) is 6.24. The van der Waals surface area contributed by atoms with Crippen molar-refractivity contribution in [3.63, 3.8) is 0 Å². The molecule has 0 aliphatic carbocycles. The number of phenols is 1. The lowest BCUT2D eigenvalue weighted by Crippen LogP contribution is -2.44. The molecule has 0 saturated heterocycles. The maximum absolute atomic E-state index is 11.7. The molecule has 0 aromatic heterocycles. The van der Waals surface area contributed by atoms with Crippen LogP contribution in [0.2, 0.25) is 0 Å². The molecule has 2 aromatic carbocycles. The predicted molar refractivity (Wildman–Crippen MR) is 143 cm³/mol. The van der Waals surface area contributed by atoms with Crippen molar-refractivity contribution in [3.05, 3.63) is 44.1 Å². The number of rotatable bonds is 8. The highest BCUT2D eigenvalue weighted by Crippen LogP contribution is 2.36. The Morgan fingerprint density at radius 2 is 1.59 bits per heavy atom. The molecule has 0 fully saturated rings. The van der Waals surface area contributed by atoms with Crippen LogP contribution >= 0.6 is 102 Å². The van der Waals surface area contributed by atoms with Crippen LogP contribution in [0.25, 0.3) is 0 Å². The third kappa shape index (κ3) is 7.36. The number of hydrogen-bond donors (Lipinski definition) is 4. The third-order valence-corrected chi connectivity index (χ3v) is 6.95. The Hall–Kier alpha value is 0.150. The quantitative estimate of drug-likeness (QED) is 0.231. The number of hydrogen-bond acceptors (Lipinski definition) is 5. The first-order valence-corrected chi connectivity index (χ1v) is 12.5. The normalized spacial score (nSPS) is 11.8. The minimum absolute atomic E-state index is 0.116. The molecule has 2 rings (SSSR count). The van der Waals surface area contributed by atoms with Gasteiger partial charge in [0, 0.05) is 6.42 Å². The van der Waals surface area contributed by atoms with E-state index >= 15 is 0 Å². The molecule has 2 aromatic rings. The van der Waals surface area contributed by atoms with Crippen LogP contribution in [0.4, 0.5) is 0 Å². The molecule has 1 unspecified atom stereocenters. The van der Waals surface area contributed by atoms with Gasteiger partial charge in [0.25, 0.3) is 0 Å². The lowest BCUT2D eigenvalue weighted by atomic mass is 10.1. The van der Waals surface area contributed by atoms with Crippen molar-refractivity contribution in [2.45, 2.75) is 12.5 Å². The standard InChI is InChI=1S/C17H13ClI4N2O5/c18-23-6-14(25)24-13(17(27)28)3-7-1-11(21)16(12(22)2-7)29-8-4-9(19)15(26)10(20)5-8/h1-2,4-5,13,23,26H,3,6H2,(H,24,25)(H,27,28). The highest BCUT2D eigenvalue weighted by Gasteiger charge is 2.22. The number of carbonyl (C=O) groups is 2. The summed E-state index contributed by atoms with van der Waals surface area (Å²) in [6.07, 6.45) is 0.116. The van der Waals surface area contributed by atoms with Gasteiger partial charge in [0.05, 0.1) is 20.8 Å². The summed E-state index contributed by atoms with van der Waals surface area (Å²) in [6.45, 7) is -0.183. The van der Waals surface area contributed by atoms with Gasteiger partial charge in [-0.1, -0.05) is 0 Å². The molecule has 0 heterocycles. The second kappa shape index (κ2) is 11.7. The molecule has 7 nitrogen and oxygen atoms in total. The molecular weight excluding hydrogens is 855 g/mol. The van der Waals surface area contributed by atoms with E-state index in [2.05, 4.69) is 55.3 Å². The van der Waals surface area contributed by atoms with E-state index in [4.69, 9.17) is 16.5 Å². The summed E-state index contributed by atoms with van der Waals surface area (Å²) in [6, 6.07) is 6.02. The zero-order valence-corrected chi connectivity index (χ0v) is 23.7. The number of amides is 1. The number of carboxylic acids is 1. The average Bonchev–Trinajstić information content (AvgIpc) is 2.62. The van der Waals surface area contributed by atoms with E-state index in [-0.39, 0.29) is 18.7 Å². The number of carboxylic acid groups (broad SMARTS) is 1. The number of nitrogens with one attached hydrogen (secondary N) is 2. The molecule has 4 N–H and O–H groups in total. The molecule has 0 aliphatic heterocycles. The summed E-state index contributed by atoms with van der Waals surface area (Å²) in [5.74, 6) is -0.205. The van der Waals surface area contributed by atoms with Gasteiger partial charge in [0.1, 0.15) is 17.5 Å². The molecule has 12 heteroatoms. The molecule has 0 saturated carbocycles. The number of halogens is 5. The molecule has 0 spiro atoms. The maximum atomic E-state index is 11.7. The number of aromatic hydroxyl groups is 1. The Labute approximate surface area is 226 Å². The average molecular weight is 868 g/mol. The van der Waals surface area contributed by atoms with Crippen LogP contribution in [0.1, 0.15) is 5.56 Å². The largest absolute Gasteiger partial charge is 0.506 e. The van der Waals surface area contributed by atoms with Gasteiger partial charge >= 0.3 is 5.97 Å². The van der Waals surface area contributed by atoms with Crippen molar-refractivity contribution in [2.24, 2.45) is 0 Å². The van der Waals surface area contributed by atoms with Crippen LogP contribution in [0.15, 0.2) is 24.3 Å². The fraction of sp³-hybridized carbons (Fsp3) is 0.176. The van der Waals surface area contributed by atoms with E-state index in [1.807, 2.05) is 57.3 Å². The van der Waals surface area contributed by atoms with Crippen molar-refractivity contribution in [1.82, 2.24) is 10.2 Å². The van der Waals surface area contributed by atoms with Gasteiger partial charge in [-0.2, -0.15) is 0 Å².